The van der Waals surface area contributed by atoms with Crippen molar-refractivity contribution in [3.05, 3.63) is 83.2 Å². The lowest BCUT2D eigenvalue weighted by Crippen LogP contribution is -2.42. The molecule has 1 heterocycles. The van der Waals surface area contributed by atoms with E-state index in [2.05, 4.69) is 22.2 Å². The number of carbonyl (C=O) groups is 2. The van der Waals surface area contributed by atoms with E-state index in [4.69, 9.17) is 16.3 Å². The van der Waals surface area contributed by atoms with Gasteiger partial charge in [-0.2, -0.15) is 0 Å². The van der Waals surface area contributed by atoms with E-state index < -0.39 is 23.8 Å². The quantitative estimate of drug-likeness (QED) is 0.386. The number of ether oxygens (including phenoxy) is 1. The van der Waals surface area contributed by atoms with Crippen LogP contribution >= 0.6 is 11.6 Å². The molecule has 178 valence electrons. The number of pyridine rings is 1. The highest BCUT2D eigenvalue weighted by Crippen LogP contribution is 2.20. The summed E-state index contributed by atoms with van der Waals surface area (Å²) in [5.74, 6) is -1.15. The lowest BCUT2D eigenvalue weighted by atomic mass is 10.2. The summed E-state index contributed by atoms with van der Waals surface area (Å²) in [7, 11) is 0. The minimum Gasteiger partial charge on any atom is -0.511 e. The summed E-state index contributed by atoms with van der Waals surface area (Å²) in [6.07, 6.45) is 0.645. The smallest absolute Gasteiger partial charge is 0.412 e. The van der Waals surface area contributed by atoms with Crippen LogP contribution in [0.2, 0.25) is 5.02 Å². The van der Waals surface area contributed by atoms with Crippen LogP contribution in [0.4, 0.5) is 24.2 Å². The molecule has 2 aromatic carbocycles. The van der Waals surface area contributed by atoms with Crippen LogP contribution in [0.5, 0.6) is 0 Å². The first-order valence-corrected chi connectivity index (χ1v) is 10.4. The van der Waals surface area contributed by atoms with Crippen molar-refractivity contribution >= 4 is 40.3 Å². The van der Waals surface area contributed by atoms with Crippen LogP contribution in [0.1, 0.15) is 5.56 Å². The fourth-order valence-corrected chi connectivity index (χ4v) is 3.20. The molecule has 11 heteroatoms. The number of hydrogen-bond acceptors (Lipinski definition) is 5. The molecule has 0 aliphatic rings. The summed E-state index contributed by atoms with van der Waals surface area (Å²) in [6.45, 7) is 2.80. The number of nitrogens with one attached hydrogen (secondary N) is 2. The summed E-state index contributed by atoms with van der Waals surface area (Å²) in [6, 6.07) is 9.28. The summed E-state index contributed by atoms with van der Waals surface area (Å²) < 4.78 is 32.0. The second kappa shape index (κ2) is 11.3. The Morgan fingerprint density at radius 3 is 2.74 bits per heavy atom. The molecule has 0 unspecified atom stereocenters. The molecule has 0 aliphatic heterocycles. The van der Waals surface area contributed by atoms with Gasteiger partial charge in [-0.05, 0) is 41.3 Å². The summed E-state index contributed by atoms with van der Waals surface area (Å²) in [4.78, 5) is 29.8. The topological polar surface area (TPSA) is 104 Å². The number of nitrogens with zero attached hydrogens (tertiary/aromatic N) is 2. The van der Waals surface area contributed by atoms with Gasteiger partial charge in [0.2, 0.25) is 0 Å². The van der Waals surface area contributed by atoms with Crippen LogP contribution in [0.15, 0.2) is 61.0 Å². The van der Waals surface area contributed by atoms with Crippen LogP contribution in [-0.2, 0) is 11.3 Å². The van der Waals surface area contributed by atoms with Gasteiger partial charge in [-0.1, -0.05) is 30.3 Å². The highest BCUT2D eigenvalue weighted by Gasteiger charge is 2.16. The van der Waals surface area contributed by atoms with Gasteiger partial charge >= 0.3 is 12.1 Å². The summed E-state index contributed by atoms with van der Waals surface area (Å²) >= 11 is 5.88. The molecule has 8 nitrogen and oxygen atoms in total. The zero-order chi connectivity index (χ0) is 24.7. The van der Waals surface area contributed by atoms with Crippen molar-refractivity contribution in [1.82, 2.24) is 15.2 Å². The van der Waals surface area contributed by atoms with E-state index >= 15 is 0 Å². The summed E-state index contributed by atoms with van der Waals surface area (Å²) in [5.41, 5.74) is 0.371. The molecule has 34 heavy (non-hydrogen) atoms. The van der Waals surface area contributed by atoms with Gasteiger partial charge in [0.25, 0.3) is 0 Å². The molecule has 1 aromatic heterocycles. The Morgan fingerprint density at radius 2 is 1.97 bits per heavy atom. The fraction of sp³-hybridized carbons (Fsp3) is 0.174. The van der Waals surface area contributed by atoms with Gasteiger partial charge in [-0.3, -0.25) is 5.32 Å². The maximum absolute atomic E-state index is 13.6. The third-order valence-electron chi connectivity index (χ3n) is 4.63. The largest absolute Gasteiger partial charge is 0.511 e. The Labute approximate surface area is 198 Å². The normalized spacial score (nSPS) is 10.6. The Kier molecular flexibility index (Phi) is 8.20. The first kappa shape index (κ1) is 24.7. The van der Waals surface area contributed by atoms with Crippen molar-refractivity contribution in [3.8, 4) is 0 Å². The number of anilines is 1. The highest BCUT2D eigenvalue weighted by molar-refractivity contribution is 6.31. The number of fused-ring (bicyclic) bond motifs is 1. The van der Waals surface area contributed by atoms with Crippen molar-refractivity contribution in [2.24, 2.45) is 0 Å². The third-order valence-corrected chi connectivity index (χ3v) is 5.05. The Morgan fingerprint density at radius 1 is 1.18 bits per heavy atom. The molecule has 3 rings (SSSR count). The predicted octanol–water partition coefficient (Wildman–Crippen LogP) is 5.00. The van der Waals surface area contributed by atoms with E-state index in [-0.39, 0.29) is 42.8 Å². The van der Waals surface area contributed by atoms with Gasteiger partial charge in [0.05, 0.1) is 18.1 Å². The van der Waals surface area contributed by atoms with Gasteiger partial charge in [0.1, 0.15) is 29.8 Å². The van der Waals surface area contributed by atoms with Gasteiger partial charge < -0.3 is 20.1 Å². The van der Waals surface area contributed by atoms with Gasteiger partial charge in [0.15, 0.2) is 0 Å². The molecule has 0 saturated heterocycles. The number of halogens is 3. The minimum absolute atomic E-state index is 0.0561. The molecule has 0 atom stereocenters. The van der Waals surface area contributed by atoms with Crippen molar-refractivity contribution in [2.45, 2.75) is 6.54 Å². The van der Waals surface area contributed by atoms with E-state index in [0.717, 1.165) is 4.90 Å². The lowest BCUT2D eigenvalue weighted by molar-refractivity contribution is 0.140. The molecule has 3 N–H and O–H groups in total. The van der Waals surface area contributed by atoms with Gasteiger partial charge in [0, 0.05) is 18.1 Å². The average Bonchev–Trinajstić information content (AvgIpc) is 2.78. The number of carbonyl (C=O) groups excluding carboxylic acids is 2. The Hall–Kier alpha value is -3.92. The van der Waals surface area contributed by atoms with Crippen LogP contribution in [-0.4, -0.2) is 46.8 Å². The highest BCUT2D eigenvalue weighted by atomic mass is 35.5. The van der Waals surface area contributed by atoms with Crippen LogP contribution in [0, 0.1) is 11.6 Å². The molecule has 0 bridgehead atoms. The molecule has 0 spiro atoms. The van der Waals surface area contributed by atoms with E-state index in [1.165, 1.54) is 36.5 Å². The number of aromatic nitrogens is 1. The Balaban J connectivity index is 1.53. The lowest BCUT2D eigenvalue weighted by Gasteiger charge is -2.22. The number of benzene rings is 2. The molecule has 0 fully saturated rings. The molecule has 0 saturated carbocycles. The number of urea groups is 1. The fourth-order valence-electron chi connectivity index (χ4n) is 3.01. The van der Waals surface area contributed by atoms with Crippen molar-refractivity contribution in [2.75, 3.05) is 25.0 Å². The summed E-state index contributed by atoms with van der Waals surface area (Å²) in [5, 5.41) is 15.6. The second-order valence-corrected chi connectivity index (χ2v) is 7.56. The van der Waals surface area contributed by atoms with E-state index in [0.29, 0.717) is 16.3 Å². The van der Waals surface area contributed by atoms with Gasteiger partial charge in [-0.15, -0.1) is 0 Å². The van der Waals surface area contributed by atoms with E-state index in [1.54, 1.807) is 12.1 Å². The molecule has 3 amide bonds. The first-order chi connectivity index (χ1) is 16.2. The number of rotatable bonds is 8. The maximum atomic E-state index is 13.6. The molecular formula is C23H21ClF2N4O4. The predicted molar refractivity (Wildman–Crippen MR) is 124 cm³/mol. The van der Waals surface area contributed by atoms with Crippen molar-refractivity contribution in [3.63, 3.8) is 0 Å². The van der Waals surface area contributed by atoms with Crippen molar-refractivity contribution < 1.29 is 28.2 Å². The Bertz CT molecular complexity index is 1220. The van der Waals surface area contributed by atoms with Crippen LogP contribution in [0.25, 0.3) is 10.8 Å². The van der Waals surface area contributed by atoms with E-state index in [1.807, 2.05) is 0 Å². The number of aliphatic hydroxyl groups is 1. The number of hydrogen-bond donors (Lipinski definition) is 3. The van der Waals surface area contributed by atoms with Crippen LogP contribution < -0.4 is 10.6 Å². The zero-order valence-electron chi connectivity index (χ0n) is 17.9. The number of aliphatic hydroxyl groups excluding tert-OH is 1. The molecular weight excluding hydrogens is 470 g/mol. The molecule has 0 radical (unpaired) electrons. The van der Waals surface area contributed by atoms with Gasteiger partial charge in [-0.25, -0.2) is 23.4 Å². The standard InChI is InChI=1S/C23H21ClF2N4O4/c1-14(31)13-30(22(32)28-12-16-3-2-4-19(26)21(16)24)7-8-34-23(33)29-20-10-17-9-18(25)6-5-15(17)11-27-20/h2-6,9-11,31H,1,7-8,12-13H2,(H,28,32)(H,27,29,33). The molecule has 0 aliphatic carbocycles. The van der Waals surface area contributed by atoms with Crippen LogP contribution in [0.3, 0.4) is 0 Å². The molecule has 3 aromatic rings. The average molecular weight is 491 g/mol. The third kappa shape index (κ3) is 6.79. The van der Waals surface area contributed by atoms with Crippen molar-refractivity contribution in [1.29, 1.82) is 0 Å². The second-order valence-electron chi connectivity index (χ2n) is 7.18. The van der Waals surface area contributed by atoms with E-state index in [9.17, 15) is 23.5 Å². The minimum atomic E-state index is -0.835. The number of amides is 3. The zero-order valence-corrected chi connectivity index (χ0v) is 18.6. The monoisotopic (exact) mass is 490 g/mol. The SMILES string of the molecule is C=C(O)CN(CCOC(=O)Nc1cc2cc(F)ccc2cn1)C(=O)NCc1cccc(F)c1Cl. The maximum Gasteiger partial charge on any atom is 0.412 e. The first-order valence-electron chi connectivity index (χ1n) is 10.0.